The third-order valence-corrected chi connectivity index (χ3v) is 4.88. The predicted octanol–water partition coefficient (Wildman–Crippen LogP) is 5.53. The molecule has 146 valence electrons. The van der Waals surface area contributed by atoms with Crippen LogP contribution in [-0.2, 0) is 11.0 Å². The highest BCUT2D eigenvalue weighted by atomic mass is 35.5. The van der Waals surface area contributed by atoms with Gasteiger partial charge in [-0.2, -0.15) is 13.2 Å². The van der Waals surface area contributed by atoms with E-state index in [0.29, 0.717) is 10.6 Å². The molecule has 0 fully saturated rings. The van der Waals surface area contributed by atoms with E-state index in [1.165, 1.54) is 12.1 Å². The smallest absolute Gasteiger partial charge is 0.411 e. The number of aromatic nitrogens is 2. The Kier molecular flexibility index (Phi) is 5.95. The zero-order chi connectivity index (χ0) is 20.3. The van der Waals surface area contributed by atoms with Crippen molar-refractivity contribution in [3.8, 4) is 11.5 Å². The molecule has 0 saturated heterocycles. The minimum absolute atomic E-state index is 0.0505. The Hall–Kier alpha value is -2.52. The lowest BCUT2D eigenvalue weighted by atomic mass is 10.2. The van der Waals surface area contributed by atoms with Gasteiger partial charge in [0.1, 0.15) is 0 Å². The number of thioether (sulfide) groups is 1. The summed E-state index contributed by atoms with van der Waals surface area (Å²) in [6.07, 6.45) is -4.49. The average Bonchev–Trinajstić information content (AvgIpc) is 3.09. The molecule has 10 heteroatoms. The molecule has 0 saturated carbocycles. The van der Waals surface area contributed by atoms with Crippen molar-refractivity contribution in [2.75, 3.05) is 5.32 Å². The number of halogens is 4. The van der Waals surface area contributed by atoms with Crippen LogP contribution in [0.2, 0.25) is 5.02 Å². The van der Waals surface area contributed by atoms with Gasteiger partial charge in [0.2, 0.25) is 11.8 Å². The van der Waals surface area contributed by atoms with Gasteiger partial charge in [0, 0.05) is 5.69 Å². The molecule has 1 aromatic heterocycles. The van der Waals surface area contributed by atoms with Gasteiger partial charge in [0.15, 0.2) is 0 Å². The number of amides is 1. The van der Waals surface area contributed by atoms with Gasteiger partial charge in [-0.25, -0.2) is 0 Å². The van der Waals surface area contributed by atoms with E-state index in [4.69, 9.17) is 16.0 Å². The van der Waals surface area contributed by atoms with E-state index in [1.54, 1.807) is 31.2 Å². The first kappa shape index (κ1) is 20.2. The Balaban J connectivity index is 1.66. The van der Waals surface area contributed by atoms with E-state index < -0.39 is 22.9 Å². The van der Waals surface area contributed by atoms with Crippen LogP contribution in [0.15, 0.2) is 58.2 Å². The quantitative estimate of drug-likeness (QED) is 0.542. The Bertz CT molecular complexity index is 994. The fourth-order valence-corrected chi connectivity index (χ4v) is 3.12. The van der Waals surface area contributed by atoms with Crippen LogP contribution < -0.4 is 5.32 Å². The van der Waals surface area contributed by atoms with E-state index in [2.05, 4.69) is 15.5 Å². The fraction of sp³-hybridized carbons (Fsp3) is 0.167. The van der Waals surface area contributed by atoms with Crippen molar-refractivity contribution < 1.29 is 22.4 Å². The summed E-state index contributed by atoms with van der Waals surface area (Å²) >= 11 is 7.06. The average molecular weight is 428 g/mol. The van der Waals surface area contributed by atoms with Crippen molar-refractivity contribution in [1.82, 2.24) is 10.2 Å². The molecular weight excluding hydrogens is 415 g/mol. The third kappa shape index (κ3) is 4.85. The van der Waals surface area contributed by atoms with Crippen molar-refractivity contribution in [3.05, 3.63) is 59.1 Å². The summed E-state index contributed by atoms with van der Waals surface area (Å²) in [6.45, 7) is 1.58. The summed E-state index contributed by atoms with van der Waals surface area (Å²) in [6, 6.07) is 11.3. The van der Waals surface area contributed by atoms with Gasteiger partial charge in [-0.3, -0.25) is 4.79 Å². The molecule has 1 N–H and O–H groups in total. The molecule has 0 bridgehead atoms. The maximum atomic E-state index is 12.8. The first-order valence-electron chi connectivity index (χ1n) is 7.97. The molecule has 1 atom stereocenters. The van der Waals surface area contributed by atoms with Crippen LogP contribution in [0.1, 0.15) is 12.5 Å². The first-order valence-corrected chi connectivity index (χ1v) is 9.23. The summed E-state index contributed by atoms with van der Waals surface area (Å²) in [5.74, 6) is -0.291. The lowest BCUT2D eigenvalue weighted by Crippen LogP contribution is -2.22. The molecule has 0 radical (unpaired) electrons. The monoisotopic (exact) mass is 427 g/mol. The number of hydrogen-bond acceptors (Lipinski definition) is 5. The van der Waals surface area contributed by atoms with Crippen LogP contribution in [0.5, 0.6) is 0 Å². The molecule has 1 amide bonds. The van der Waals surface area contributed by atoms with Crippen molar-refractivity contribution in [3.63, 3.8) is 0 Å². The van der Waals surface area contributed by atoms with Crippen LogP contribution in [-0.4, -0.2) is 21.4 Å². The Labute approximate surface area is 167 Å². The molecule has 5 nitrogen and oxygen atoms in total. The molecule has 2 aromatic carbocycles. The van der Waals surface area contributed by atoms with E-state index in [9.17, 15) is 18.0 Å². The lowest BCUT2D eigenvalue weighted by molar-refractivity contribution is -0.137. The van der Waals surface area contributed by atoms with Crippen molar-refractivity contribution in [2.45, 2.75) is 23.6 Å². The van der Waals surface area contributed by atoms with E-state index in [-0.39, 0.29) is 16.8 Å². The van der Waals surface area contributed by atoms with Gasteiger partial charge >= 0.3 is 6.18 Å². The van der Waals surface area contributed by atoms with Crippen LogP contribution in [0.25, 0.3) is 11.5 Å². The standard InChI is InChI=1S/C18H13ClF3N3O2S/c1-10(15(26)23-12-6-4-5-11(9-12)18(20,21)22)28-17-25-24-16(27-17)13-7-2-3-8-14(13)19/h2-10H,1H3,(H,23,26). The van der Waals surface area contributed by atoms with Crippen molar-refractivity contribution in [1.29, 1.82) is 0 Å². The highest BCUT2D eigenvalue weighted by molar-refractivity contribution is 8.00. The van der Waals surface area contributed by atoms with E-state index >= 15 is 0 Å². The van der Waals surface area contributed by atoms with Gasteiger partial charge in [-0.1, -0.05) is 41.6 Å². The minimum Gasteiger partial charge on any atom is -0.411 e. The van der Waals surface area contributed by atoms with Gasteiger partial charge in [0.25, 0.3) is 5.22 Å². The second-order valence-electron chi connectivity index (χ2n) is 5.68. The summed E-state index contributed by atoms with van der Waals surface area (Å²) in [5, 5.41) is 10.1. The summed E-state index contributed by atoms with van der Waals surface area (Å²) in [5.41, 5.74) is -0.231. The Morgan fingerprint density at radius 3 is 2.64 bits per heavy atom. The number of rotatable bonds is 5. The molecule has 0 aliphatic heterocycles. The maximum absolute atomic E-state index is 12.8. The van der Waals surface area contributed by atoms with Crippen LogP contribution >= 0.6 is 23.4 Å². The normalized spacial score (nSPS) is 12.6. The fourth-order valence-electron chi connectivity index (χ4n) is 2.22. The molecule has 1 heterocycles. The minimum atomic E-state index is -4.49. The van der Waals surface area contributed by atoms with Crippen LogP contribution in [0.4, 0.5) is 18.9 Å². The molecular formula is C18H13ClF3N3O2S. The number of benzene rings is 2. The number of hydrogen-bond donors (Lipinski definition) is 1. The maximum Gasteiger partial charge on any atom is 0.416 e. The largest absolute Gasteiger partial charge is 0.416 e. The second-order valence-corrected chi connectivity index (χ2v) is 7.38. The summed E-state index contributed by atoms with van der Waals surface area (Å²) in [4.78, 5) is 12.3. The predicted molar refractivity (Wildman–Crippen MR) is 100 cm³/mol. The van der Waals surface area contributed by atoms with Crippen LogP contribution in [0.3, 0.4) is 0 Å². The first-order chi connectivity index (χ1) is 13.2. The molecule has 0 aliphatic carbocycles. The third-order valence-electron chi connectivity index (χ3n) is 3.61. The van der Waals surface area contributed by atoms with Crippen molar-refractivity contribution in [2.24, 2.45) is 0 Å². The molecule has 0 aliphatic rings. The zero-order valence-electron chi connectivity index (χ0n) is 14.3. The molecule has 0 spiro atoms. The Morgan fingerprint density at radius 2 is 1.93 bits per heavy atom. The molecule has 1 unspecified atom stereocenters. The van der Waals surface area contributed by atoms with Gasteiger partial charge in [0.05, 0.1) is 21.4 Å². The Morgan fingerprint density at radius 1 is 1.18 bits per heavy atom. The lowest BCUT2D eigenvalue weighted by Gasteiger charge is -2.12. The molecule has 3 rings (SSSR count). The van der Waals surface area contributed by atoms with E-state index in [0.717, 1.165) is 23.9 Å². The topological polar surface area (TPSA) is 68.0 Å². The highest BCUT2D eigenvalue weighted by Gasteiger charge is 2.30. The number of anilines is 1. The van der Waals surface area contributed by atoms with Gasteiger partial charge < -0.3 is 9.73 Å². The van der Waals surface area contributed by atoms with E-state index in [1.807, 2.05) is 0 Å². The number of carbonyl (C=O) groups excluding carboxylic acids is 1. The number of nitrogens with zero attached hydrogens (tertiary/aromatic N) is 2. The number of carbonyl (C=O) groups is 1. The SMILES string of the molecule is CC(Sc1nnc(-c2ccccc2Cl)o1)C(=O)Nc1cccc(C(F)(F)F)c1. The zero-order valence-corrected chi connectivity index (χ0v) is 15.9. The molecule has 3 aromatic rings. The van der Waals surface area contributed by atoms with Gasteiger partial charge in [-0.15, -0.1) is 10.2 Å². The summed E-state index contributed by atoms with van der Waals surface area (Å²) in [7, 11) is 0. The van der Waals surface area contributed by atoms with Crippen molar-refractivity contribution >= 4 is 35.0 Å². The highest BCUT2D eigenvalue weighted by Crippen LogP contribution is 2.32. The number of nitrogens with one attached hydrogen (secondary N) is 1. The van der Waals surface area contributed by atoms with Gasteiger partial charge in [-0.05, 0) is 37.3 Å². The number of alkyl halides is 3. The molecule has 28 heavy (non-hydrogen) atoms. The second kappa shape index (κ2) is 8.24. The summed E-state index contributed by atoms with van der Waals surface area (Å²) < 4.78 is 43.8. The van der Waals surface area contributed by atoms with Crippen LogP contribution in [0, 0.1) is 0 Å².